The third-order valence-corrected chi connectivity index (χ3v) is 21.3. The number of carbonyl (C=O) groups is 12. The number of nitrogens with zero attached hydrogens (tertiary/aromatic N) is 5. The third-order valence-electron chi connectivity index (χ3n) is 21.3. The van der Waals surface area contributed by atoms with Gasteiger partial charge in [-0.3, -0.25) is 52.7 Å². The Morgan fingerprint density at radius 3 is 1.70 bits per heavy atom. The summed E-state index contributed by atoms with van der Waals surface area (Å²) in [6.07, 6.45) is -4.32. The lowest BCUT2D eigenvalue weighted by atomic mass is 9.80. The number of fused-ring (bicyclic) bond motifs is 2. The van der Waals surface area contributed by atoms with Crippen LogP contribution in [0.4, 0.5) is 13.2 Å². The first-order valence-corrected chi connectivity index (χ1v) is 39.0. The van der Waals surface area contributed by atoms with Crippen LogP contribution in [0.15, 0.2) is 176 Å². The van der Waals surface area contributed by atoms with E-state index in [1.54, 1.807) is 136 Å². The van der Waals surface area contributed by atoms with Crippen molar-refractivity contribution < 1.29 is 90.4 Å². The average molecular weight is 1630 g/mol. The van der Waals surface area contributed by atoms with Crippen LogP contribution in [0, 0.1) is 5.92 Å². The summed E-state index contributed by atoms with van der Waals surface area (Å²) in [5, 5.41) is 33.2. The molecule has 0 radical (unpaired) electrons. The van der Waals surface area contributed by atoms with Gasteiger partial charge in [-0.2, -0.15) is 13.2 Å². The van der Waals surface area contributed by atoms with Gasteiger partial charge in [-0.25, -0.2) is 4.79 Å². The minimum absolute atomic E-state index is 0.00132. The normalized spacial score (nSPS) is 16.7. The molecule has 0 unspecified atom stereocenters. The van der Waals surface area contributed by atoms with Crippen LogP contribution in [0.5, 0.6) is 0 Å². The van der Waals surface area contributed by atoms with Crippen LogP contribution in [0.2, 0.25) is 0 Å². The number of likely N-dealkylation sites (N-methyl/N-ethyl adjacent to an activating group) is 3. The fourth-order valence-corrected chi connectivity index (χ4v) is 15.3. The van der Waals surface area contributed by atoms with Crippen molar-refractivity contribution in [3.63, 3.8) is 0 Å². The fraction of sp³-hybridized carbons (Fsp3) is 0.395. The summed E-state index contributed by atoms with van der Waals surface area (Å²) in [6, 6.07) is 32.8. The van der Waals surface area contributed by atoms with Gasteiger partial charge in [-0.05, 0) is 90.6 Å². The number of aliphatic carboxylic acids is 2. The van der Waals surface area contributed by atoms with Crippen molar-refractivity contribution in [1.82, 2.24) is 61.1 Å². The van der Waals surface area contributed by atoms with E-state index in [1.807, 2.05) is 36.4 Å². The van der Waals surface area contributed by atoms with Crippen molar-refractivity contribution in [3.8, 4) is 0 Å². The van der Waals surface area contributed by atoms with Crippen LogP contribution in [-0.2, 0) is 98.0 Å². The molecule has 10 atom stereocenters. The van der Waals surface area contributed by atoms with Gasteiger partial charge in [-0.15, -0.1) is 0 Å². The highest BCUT2D eigenvalue weighted by Gasteiger charge is 2.48. The second kappa shape index (κ2) is 39.6. The Bertz CT molecular complexity index is 4800. The predicted octanol–water partition coefficient (Wildman–Crippen LogP) is 5.82. The number of aromatic amines is 2. The molecular weight excluding hydrogens is 1530 g/mol. The molecular formula is C86H100F3N13O16. The number of halogens is 3. The van der Waals surface area contributed by atoms with Gasteiger partial charge in [0.2, 0.25) is 59.1 Å². The maximum absolute atomic E-state index is 15.6. The number of hydrogen-bond donors (Lipinski definition) is 10. The number of amides is 10. The van der Waals surface area contributed by atoms with Crippen LogP contribution in [-0.4, -0.2) is 237 Å². The summed E-state index contributed by atoms with van der Waals surface area (Å²) in [7, 11) is 3.99. The number of aromatic nitrogens is 2. The molecule has 32 heteroatoms. The van der Waals surface area contributed by atoms with Crippen LogP contribution >= 0.6 is 0 Å². The molecule has 626 valence electrons. The van der Waals surface area contributed by atoms with Gasteiger partial charge in [0.1, 0.15) is 53.9 Å². The molecule has 29 nitrogen and oxygen atoms in total. The van der Waals surface area contributed by atoms with Gasteiger partial charge in [0.25, 0.3) is 0 Å². The number of hydrogen-bond acceptors (Lipinski definition) is 15. The molecule has 0 saturated carbocycles. The van der Waals surface area contributed by atoms with Crippen molar-refractivity contribution in [2.45, 2.75) is 151 Å². The second-order valence-electron chi connectivity index (χ2n) is 30.2. The van der Waals surface area contributed by atoms with Gasteiger partial charge < -0.3 is 86.5 Å². The molecule has 2 fully saturated rings. The van der Waals surface area contributed by atoms with E-state index in [9.17, 15) is 56.9 Å². The Morgan fingerprint density at radius 2 is 1.12 bits per heavy atom. The number of H-pyrrole nitrogens is 2. The van der Waals surface area contributed by atoms with Gasteiger partial charge in [0.05, 0.1) is 43.8 Å². The molecule has 118 heavy (non-hydrogen) atoms. The molecule has 0 bridgehead atoms. The summed E-state index contributed by atoms with van der Waals surface area (Å²) in [5.74, 6) is -11.9. The maximum Gasteiger partial charge on any atom is 0.417 e. The van der Waals surface area contributed by atoms with Gasteiger partial charge in [0, 0.05) is 101 Å². The molecule has 2 aliphatic rings. The van der Waals surface area contributed by atoms with Crippen molar-refractivity contribution in [1.29, 1.82) is 0 Å². The lowest BCUT2D eigenvalue weighted by molar-refractivity contribution is -0.150. The Labute approximate surface area is 679 Å². The van der Waals surface area contributed by atoms with E-state index in [4.69, 9.17) is 15.2 Å². The smallest absolute Gasteiger partial charge is 0.417 e. The number of carbonyl (C=O) groups excluding carboxylic acids is 10. The Kier molecular flexibility index (Phi) is 29.5. The van der Waals surface area contributed by atoms with E-state index in [0.29, 0.717) is 45.1 Å². The van der Waals surface area contributed by atoms with E-state index in [1.165, 1.54) is 56.2 Å². The Morgan fingerprint density at radius 1 is 0.585 bits per heavy atom. The molecule has 10 rings (SSSR count). The number of rotatable bonds is 37. The molecule has 4 heterocycles. The van der Waals surface area contributed by atoms with Gasteiger partial charge in [-0.1, -0.05) is 159 Å². The first kappa shape index (κ1) is 88.1. The number of nitrogens with one attached hydrogen (secondary N) is 7. The quantitative estimate of drug-likeness (QED) is 0.0205. The molecule has 0 spiro atoms. The van der Waals surface area contributed by atoms with Crippen molar-refractivity contribution >= 4 is 92.8 Å². The first-order chi connectivity index (χ1) is 56.3. The Hall–Kier alpha value is -12.3. The summed E-state index contributed by atoms with van der Waals surface area (Å²) >= 11 is 0. The van der Waals surface area contributed by atoms with E-state index >= 15 is 24.0 Å². The summed E-state index contributed by atoms with van der Waals surface area (Å²) < 4.78 is 57.4. The van der Waals surface area contributed by atoms with Crippen LogP contribution < -0.4 is 32.3 Å². The summed E-state index contributed by atoms with van der Waals surface area (Å²) in [5.41, 5.74) is 7.03. The monoisotopic (exact) mass is 1630 g/mol. The number of carboxylic acids is 2. The number of carboxylic acid groups (broad SMARTS) is 2. The van der Waals surface area contributed by atoms with E-state index in [2.05, 4.69) is 36.6 Å². The molecule has 2 saturated heterocycles. The minimum Gasteiger partial charge on any atom is -0.481 e. The lowest BCUT2D eigenvalue weighted by Crippen LogP contribution is -2.60. The van der Waals surface area contributed by atoms with E-state index in [-0.39, 0.29) is 74.2 Å². The largest absolute Gasteiger partial charge is 0.481 e. The van der Waals surface area contributed by atoms with Crippen LogP contribution in [0.1, 0.15) is 98.7 Å². The van der Waals surface area contributed by atoms with Crippen LogP contribution in [0.3, 0.4) is 0 Å². The number of benzene rings is 6. The highest BCUT2D eigenvalue weighted by molar-refractivity contribution is 6.00. The van der Waals surface area contributed by atoms with Crippen LogP contribution in [0.25, 0.3) is 21.8 Å². The van der Waals surface area contributed by atoms with Crippen molar-refractivity contribution in [2.75, 3.05) is 60.5 Å². The standard InChI is InChI=1S/C86H100F3N13O16/c1-8-117-59-43-70(80(111)97-68(79(110)96-67(84(115)116)44-74(105)106)50-118-85(56-27-15-10-16-28-56,57-29-17-11-18-30-57)58-31-19-12-20-32-58)102(47-59)83(114)69-37-24-38-101(69)73(104)49-98(5)72(103)48-99(6)82(113)71(39-51(2)3)100(7)81(112)66(41-54-45-91-62-35-22-21-33-60(54)62)95-78(109)65(42-55-46-92-63-36-23-34-61(75(55)63)86(87,88)89)94-77(108)64(93-76(107)52(4)90)40-53-25-13-9-14-26-53/h9-23,25-36,45-46,51-52,59,64-71,91-92H,8,24,37-44,47-50,90H2,1-7H3,(H,93,107)(H,94,108)(H,95,109)(H,96,110)(H,97,111)(H,105,106)(H,115,116)/t52-,59+,64-,65-,66-,67-,68-,69-,70-,71-/m0/s1. The molecule has 0 aliphatic carbocycles. The number of para-hydroxylation sites is 1. The molecule has 6 aromatic carbocycles. The van der Waals surface area contributed by atoms with E-state index in [0.717, 1.165) is 20.8 Å². The minimum atomic E-state index is -4.87. The lowest BCUT2D eigenvalue weighted by Gasteiger charge is -2.37. The van der Waals surface area contributed by atoms with E-state index < -0.39 is 181 Å². The Balaban J connectivity index is 0.863. The number of ether oxygens (including phenoxy) is 2. The SMILES string of the molecule is CCO[C@@H]1C[C@@H](C(=O)N[C@@H](COC(c2ccccc2)(c2ccccc2)c2ccccc2)C(=O)N[C@@H](CC(=O)O)C(=O)O)N(C(=O)[C@@H]2CCCN2C(=O)CN(C)C(=O)CN(C)C(=O)[C@H](CC(C)C)N(C)C(=O)[C@H](Cc2c[nH]c3ccccc23)NC(=O)[C@H](Cc2c[nH]c3cccc(C(F)(F)F)c23)NC(=O)[C@H](Cc2ccccc2)NC(=O)[C@H](C)N)C1. The predicted molar refractivity (Wildman–Crippen MR) is 429 cm³/mol. The first-order valence-electron chi connectivity index (χ1n) is 39.0. The number of nitrogens with two attached hydrogens (primary N) is 1. The molecule has 2 aromatic heterocycles. The number of likely N-dealkylation sites (tertiary alicyclic amines) is 2. The zero-order valence-electron chi connectivity index (χ0n) is 66.6. The zero-order chi connectivity index (χ0) is 85.3. The average Bonchev–Trinajstić information content (AvgIpc) is 1.23. The van der Waals surface area contributed by atoms with Crippen molar-refractivity contribution in [2.24, 2.45) is 11.7 Å². The topological polar surface area (TPSA) is 398 Å². The fourth-order valence-electron chi connectivity index (χ4n) is 15.3. The van der Waals surface area contributed by atoms with Gasteiger partial charge >= 0.3 is 18.1 Å². The molecule has 2 aliphatic heterocycles. The second-order valence-corrected chi connectivity index (χ2v) is 30.2. The zero-order valence-corrected chi connectivity index (χ0v) is 66.6. The number of alkyl halides is 3. The highest BCUT2D eigenvalue weighted by Crippen LogP contribution is 2.42. The summed E-state index contributed by atoms with van der Waals surface area (Å²) in [6.45, 7) is 4.86. The molecule has 11 N–H and O–H groups in total. The van der Waals surface area contributed by atoms with Crippen molar-refractivity contribution in [3.05, 3.63) is 215 Å². The molecule has 10 amide bonds. The maximum atomic E-state index is 15.6. The molecule has 8 aromatic rings. The third kappa shape index (κ3) is 21.5. The van der Waals surface area contributed by atoms with Gasteiger partial charge in [0.15, 0.2) is 0 Å². The highest BCUT2D eigenvalue weighted by atomic mass is 19.4. The summed E-state index contributed by atoms with van der Waals surface area (Å²) in [4.78, 5) is 184.